The van der Waals surface area contributed by atoms with Gasteiger partial charge >= 0.3 is 0 Å². The molecule has 0 radical (unpaired) electrons. The number of aryl methyl sites for hydroxylation is 1. The number of nitrogen functional groups attached to an aromatic ring is 1. The SMILES string of the molecule is CC(C)c1nc(N)nc(-c2cnn(C)c2)n1. The fourth-order valence-electron chi connectivity index (χ4n) is 1.33. The Hall–Kier alpha value is -1.98. The lowest BCUT2D eigenvalue weighted by Crippen LogP contribution is -2.05. The van der Waals surface area contributed by atoms with Gasteiger partial charge in [-0.1, -0.05) is 13.8 Å². The van der Waals surface area contributed by atoms with Crippen LogP contribution in [0.25, 0.3) is 11.4 Å². The minimum atomic E-state index is 0.223. The Morgan fingerprint density at radius 3 is 2.56 bits per heavy atom. The molecule has 0 saturated carbocycles. The molecule has 2 aromatic heterocycles. The van der Waals surface area contributed by atoms with Gasteiger partial charge in [-0.15, -0.1) is 0 Å². The lowest BCUT2D eigenvalue weighted by Gasteiger charge is -2.05. The van der Waals surface area contributed by atoms with Crippen molar-refractivity contribution in [3.63, 3.8) is 0 Å². The quantitative estimate of drug-likeness (QED) is 0.812. The summed E-state index contributed by atoms with van der Waals surface area (Å²) in [7, 11) is 1.84. The molecular formula is C10H14N6. The van der Waals surface area contributed by atoms with E-state index in [2.05, 4.69) is 20.1 Å². The number of aromatic nitrogens is 5. The molecule has 0 aliphatic rings. The maximum absolute atomic E-state index is 5.65. The van der Waals surface area contributed by atoms with Crippen molar-refractivity contribution in [2.45, 2.75) is 19.8 Å². The first-order valence-electron chi connectivity index (χ1n) is 5.06. The van der Waals surface area contributed by atoms with Gasteiger partial charge in [-0.05, 0) is 0 Å². The van der Waals surface area contributed by atoms with Crippen LogP contribution in [-0.4, -0.2) is 24.7 Å². The molecule has 0 unspecified atom stereocenters. The minimum Gasteiger partial charge on any atom is -0.368 e. The molecule has 2 heterocycles. The summed E-state index contributed by atoms with van der Waals surface area (Å²) in [5.41, 5.74) is 6.50. The molecule has 0 saturated heterocycles. The van der Waals surface area contributed by atoms with Crippen LogP contribution in [0.5, 0.6) is 0 Å². The zero-order valence-corrected chi connectivity index (χ0v) is 9.55. The zero-order chi connectivity index (χ0) is 11.7. The summed E-state index contributed by atoms with van der Waals surface area (Å²) < 4.78 is 1.70. The van der Waals surface area contributed by atoms with Crippen molar-refractivity contribution in [3.05, 3.63) is 18.2 Å². The normalized spacial score (nSPS) is 11.0. The second kappa shape index (κ2) is 3.88. The van der Waals surface area contributed by atoms with Gasteiger partial charge in [-0.2, -0.15) is 15.1 Å². The van der Waals surface area contributed by atoms with Crippen LogP contribution in [0.15, 0.2) is 12.4 Å². The van der Waals surface area contributed by atoms with Gasteiger partial charge in [0.15, 0.2) is 5.82 Å². The summed E-state index contributed by atoms with van der Waals surface area (Å²) in [6.45, 7) is 4.03. The van der Waals surface area contributed by atoms with E-state index >= 15 is 0 Å². The lowest BCUT2D eigenvalue weighted by molar-refractivity contribution is 0.764. The highest BCUT2D eigenvalue weighted by molar-refractivity contribution is 5.53. The highest BCUT2D eigenvalue weighted by Crippen LogP contribution is 2.17. The van der Waals surface area contributed by atoms with Gasteiger partial charge in [-0.25, -0.2) is 4.98 Å². The molecule has 0 amide bonds. The fraction of sp³-hybridized carbons (Fsp3) is 0.400. The van der Waals surface area contributed by atoms with Gasteiger partial charge in [0, 0.05) is 19.2 Å². The van der Waals surface area contributed by atoms with E-state index in [0.29, 0.717) is 11.6 Å². The third kappa shape index (κ3) is 2.00. The van der Waals surface area contributed by atoms with E-state index in [1.807, 2.05) is 27.1 Å². The number of nitrogens with zero attached hydrogens (tertiary/aromatic N) is 5. The first kappa shape index (κ1) is 10.5. The van der Waals surface area contributed by atoms with Gasteiger partial charge in [0.1, 0.15) is 5.82 Å². The van der Waals surface area contributed by atoms with Crippen molar-refractivity contribution in [2.24, 2.45) is 7.05 Å². The van der Waals surface area contributed by atoms with Crippen LogP contribution in [0.3, 0.4) is 0 Å². The van der Waals surface area contributed by atoms with E-state index in [1.165, 1.54) is 0 Å². The van der Waals surface area contributed by atoms with E-state index in [9.17, 15) is 0 Å². The van der Waals surface area contributed by atoms with E-state index in [-0.39, 0.29) is 11.9 Å². The van der Waals surface area contributed by atoms with Crippen molar-refractivity contribution in [1.82, 2.24) is 24.7 Å². The predicted molar refractivity (Wildman–Crippen MR) is 60.5 cm³/mol. The molecule has 84 valence electrons. The van der Waals surface area contributed by atoms with Crippen molar-refractivity contribution < 1.29 is 0 Å². The Kier molecular flexibility index (Phi) is 2.55. The second-order valence-electron chi connectivity index (χ2n) is 3.93. The van der Waals surface area contributed by atoms with Crippen LogP contribution in [0.4, 0.5) is 5.95 Å². The summed E-state index contributed by atoms with van der Waals surface area (Å²) >= 11 is 0. The lowest BCUT2D eigenvalue weighted by atomic mass is 10.2. The van der Waals surface area contributed by atoms with Crippen LogP contribution in [0.2, 0.25) is 0 Å². The van der Waals surface area contributed by atoms with Crippen molar-refractivity contribution in [2.75, 3.05) is 5.73 Å². The van der Waals surface area contributed by atoms with E-state index in [0.717, 1.165) is 5.56 Å². The molecule has 6 nitrogen and oxygen atoms in total. The maximum Gasteiger partial charge on any atom is 0.223 e. The largest absolute Gasteiger partial charge is 0.368 e. The van der Waals surface area contributed by atoms with Crippen LogP contribution >= 0.6 is 0 Å². The summed E-state index contributed by atoms with van der Waals surface area (Å²) in [6, 6.07) is 0. The Balaban J connectivity index is 2.49. The molecule has 0 atom stereocenters. The molecule has 0 aromatic carbocycles. The van der Waals surface area contributed by atoms with Gasteiger partial charge < -0.3 is 5.73 Å². The first-order valence-corrected chi connectivity index (χ1v) is 5.06. The van der Waals surface area contributed by atoms with Crippen molar-refractivity contribution >= 4 is 5.95 Å². The van der Waals surface area contributed by atoms with Crippen molar-refractivity contribution in [3.8, 4) is 11.4 Å². The van der Waals surface area contributed by atoms with Crippen molar-refractivity contribution in [1.29, 1.82) is 0 Å². The number of anilines is 1. The zero-order valence-electron chi connectivity index (χ0n) is 9.55. The van der Waals surface area contributed by atoms with Crippen LogP contribution in [-0.2, 0) is 7.05 Å². The minimum absolute atomic E-state index is 0.223. The van der Waals surface area contributed by atoms with Gasteiger partial charge in [-0.3, -0.25) is 4.68 Å². The topological polar surface area (TPSA) is 82.5 Å². The summed E-state index contributed by atoms with van der Waals surface area (Å²) in [5, 5.41) is 4.07. The van der Waals surface area contributed by atoms with Crippen LogP contribution < -0.4 is 5.73 Å². The monoisotopic (exact) mass is 218 g/mol. The van der Waals surface area contributed by atoms with Crippen LogP contribution in [0, 0.1) is 0 Å². The summed E-state index contributed by atoms with van der Waals surface area (Å²) in [4.78, 5) is 12.6. The Morgan fingerprint density at radius 2 is 2.00 bits per heavy atom. The molecular weight excluding hydrogens is 204 g/mol. The summed E-state index contributed by atoms with van der Waals surface area (Å²) in [5.74, 6) is 1.74. The molecule has 0 spiro atoms. The fourth-order valence-corrected chi connectivity index (χ4v) is 1.33. The Morgan fingerprint density at radius 1 is 1.25 bits per heavy atom. The van der Waals surface area contributed by atoms with Gasteiger partial charge in [0.2, 0.25) is 5.95 Å². The Bertz CT molecular complexity index is 502. The average molecular weight is 218 g/mol. The standard InChI is InChI=1S/C10H14N6/c1-6(2)8-13-9(15-10(11)14-8)7-4-12-16(3)5-7/h4-6H,1-3H3,(H2,11,13,14,15). The Labute approximate surface area is 93.6 Å². The van der Waals surface area contributed by atoms with E-state index < -0.39 is 0 Å². The number of nitrogens with two attached hydrogens (primary N) is 1. The smallest absolute Gasteiger partial charge is 0.223 e. The van der Waals surface area contributed by atoms with Crippen LogP contribution in [0.1, 0.15) is 25.6 Å². The number of hydrogen-bond acceptors (Lipinski definition) is 5. The summed E-state index contributed by atoms with van der Waals surface area (Å²) in [6.07, 6.45) is 3.55. The van der Waals surface area contributed by atoms with E-state index in [1.54, 1.807) is 10.9 Å². The average Bonchev–Trinajstić information content (AvgIpc) is 2.64. The predicted octanol–water partition coefficient (Wildman–Crippen LogP) is 0.978. The van der Waals surface area contributed by atoms with Gasteiger partial charge in [0.05, 0.1) is 11.8 Å². The number of hydrogen-bond donors (Lipinski definition) is 1. The molecule has 0 fully saturated rings. The van der Waals surface area contributed by atoms with E-state index in [4.69, 9.17) is 5.73 Å². The highest BCUT2D eigenvalue weighted by Gasteiger charge is 2.10. The molecule has 16 heavy (non-hydrogen) atoms. The first-order chi connectivity index (χ1) is 7.56. The molecule has 2 N–H and O–H groups in total. The molecule has 2 aromatic rings. The third-order valence-corrected chi connectivity index (χ3v) is 2.15. The number of rotatable bonds is 2. The molecule has 0 bridgehead atoms. The molecule has 6 heteroatoms. The molecule has 0 aliphatic heterocycles. The molecule has 2 rings (SSSR count). The maximum atomic E-state index is 5.65. The van der Waals surface area contributed by atoms with Gasteiger partial charge in [0.25, 0.3) is 0 Å². The highest BCUT2D eigenvalue weighted by atomic mass is 15.2. The third-order valence-electron chi connectivity index (χ3n) is 2.15. The molecule has 0 aliphatic carbocycles. The second-order valence-corrected chi connectivity index (χ2v) is 3.93.